The highest BCUT2D eigenvalue weighted by atomic mass is 32.2. The summed E-state index contributed by atoms with van der Waals surface area (Å²) in [4.78, 5) is 26.4. The Labute approximate surface area is 272 Å². The van der Waals surface area contributed by atoms with E-state index < -0.39 is 60.6 Å². The van der Waals surface area contributed by atoms with Crippen molar-refractivity contribution < 1.29 is 31.5 Å². The van der Waals surface area contributed by atoms with Gasteiger partial charge >= 0.3 is 5.97 Å². The van der Waals surface area contributed by atoms with E-state index in [1.807, 2.05) is 20.8 Å². The molecule has 46 heavy (non-hydrogen) atoms. The first-order chi connectivity index (χ1) is 21.3. The highest BCUT2D eigenvalue weighted by Gasteiger charge is 2.42. The average Bonchev–Trinajstić information content (AvgIpc) is 3.68. The van der Waals surface area contributed by atoms with Gasteiger partial charge < -0.3 is 15.2 Å². The van der Waals surface area contributed by atoms with Gasteiger partial charge in [-0.25, -0.2) is 17.4 Å². The Morgan fingerprint density at radius 1 is 1.17 bits per heavy atom. The Bertz CT molecular complexity index is 1980. The molecule has 3 aromatic rings. The number of sulfonamides is 2. The molecule has 0 amide bonds. The van der Waals surface area contributed by atoms with Crippen LogP contribution in [-0.4, -0.2) is 55.5 Å². The van der Waals surface area contributed by atoms with Crippen LogP contribution in [0.2, 0.25) is 0 Å². The number of aryl methyl sites for hydroxylation is 1. The number of carbonyl (C=O) groups excluding carboxylic acids is 1. The lowest BCUT2D eigenvalue weighted by Crippen LogP contribution is -2.38. The van der Waals surface area contributed by atoms with Gasteiger partial charge in [0.15, 0.2) is 18.3 Å². The molecule has 0 unspecified atom stereocenters. The molecule has 2 aromatic heterocycles. The van der Waals surface area contributed by atoms with Crippen LogP contribution in [0, 0.1) is 10.8 Å². The van der Waals surface area contributed by atoms with Gasteiger partial charge in [-0.1, -0.05) is 26.8 Å². The SMILES string of the molecule is CC(C)(C)CCn1nc(-c2cccs2)c(O)c(C2=NS(=O)(=O)c3cc(N(COC(=O)C(C)(C)C)S(=O)(=O)C4CC4)ccc3N2)c1=O. The zero-order valence-corrected chi connectivity index (χ0v) is 28.8. The third kappa shape index (κ3) is 6.83. The third-order valence-corrected chi connectivity index (χ3v) is 11.8. The fraction of sp³-hybridized carbons (Fsp3) is 0.467. The van der Waals surface area contributed by atoms with E-state index in [1.165, 1.54) is 28.2 Å². The number of amidine groups is 1. The lowest BCUT2D eigenvalue weighted by atomic mass is 9.92. The van der Waals surface area contributed by atoms with Gasteiger partial charge in [-0.2, -0.15) is 13.5 Å². The number of ether oxygens (including phenoxy) is 1. The number of anilines is 2. The van der Waals surface area contributed by atoms with Crippen LogP contribution in [0.1, 0.15) is 66.4 Å². The van der Waals surface area contributed by atoms with Crippen molar-refractivity contribution in [1.82, 2.24) is 9.78 Å². The van der Waals surface area contributed by atoms with Crippen LogP contribution in [0.5, 0.6) is 5.75 Å². The Kier molecular flexibility index (Phi) is 8.62. The maximum atomic E-state index is 13.7. The molecule has 1 aliphatic heterocycles. The molecule has 2 aliphatic rings. The maximum Gasteiger partial charge on any atom is 0.312 e. The normalized spacial score (nSPS) is 16.3. The number of rotatable bonds is 9. The number of fused-ring (bicyclic) bond motifs is 1. The van der Waals surface area contributed by atoms with Crippen LogP contribution >= 0.6 is 11.3 Å². The van der Waals surface area contributed by atoms with Crippen LogP contribution in [0.15, 0.2) is 49.8 Å². The summed E-state index contributed by atoms with van der Waals surface area (Å²) in [5, 5.41) is 19.7. The van der Waals surface area contributed by atoms with Crippen molar-refractivity contribution >= 4 is 54.6 Å². The number of benzene rings is 1. The highest BCUT2D eigenvalue weighted by molar-refractivity contribution is 7.93. The van der Waals surface area contributed by atoms with Crippen LogP contribution in [0.3, 0.4) is 0 Å². The number of nitrogens with one attached hydrogen (secondary N) is 1. The van der Waals surface area contributed by atoms with Gasteiger partial charge in [0.25, 0.3) is 15.6 Å². The summed E-state index contributed by atoms with van der Waals surface area (Å²) in [6.45, 7) is 10.5. The van der Waals surface area contributed by atoms with Crippen molar-refractivity contribution in [2.75, 3.05) is 16.4 Å². The van der Waals surface area contributed by atoms with E-state index in [1.54, 1.807) is 38.3 Å². The number of aromatic hydroxyl groups is 1. The number of esters is 1. The van der Waals surface area contributed by atoms with E-state index >= 15 is 0 Å². The van der Waals surface area contributed by atoms with E-state index in [2.05, 4.69) is 14.8 Å². The largest absolute Gasteiger partial charge is 0.505 e. The number of nitrogens with zero attached hydrogens (tertiary/aromatic N) is 4. The summed E-state index contributed by atoms with van der Waals surface area (Å²) in [6, 6.07) is 7.33. The molecule has 1 saturated carbocycles. The minimum Gasteiger partial charge on any atom is -0.505 e. The molecule has 0 bridgehead atoms. The summed E-state index contributed by atoms with van der Waals surface area (Å²) in [6.07, 6.45) is 1.43. The van der Waals surface area contributed by atoms with Crippen LogP contribution in [0.4, 0.5) is 11.4 Å². The molecule has 0 spiro atoms. The number of aromatic nitrogens is 2. The van der Waals surface area contributed by atoms with Gasteiger partial charge in [-0.15, -0.1) is 15.7 Å². The first kappa shape index (κ1) is 33.6. The van der Waals surface area contributed by atoms with Gasteiger partial charge in [0, 0.05) is 6.54 Å². The highest BCUT2D eigenvalue weighted by Crippen LogP contribution is 2.39. The van der Waals surface area contributed by atoms with Crippen LogP contribution in [-0.2, 0) is 36.1 Å². The monoisotopic (exact) mass is 691 g/mol. The Balaban J connectivity index is 1.57. The second-order valence-corrected chi connectivity index (χ2v) is 18.2. The number of carbonyl (C=O) groups is 1. The lowest BCUT2D eigenvalue weighted by molar-refractivity contribution is -0.152. The molecule has 5 rings (SSSR count). The van der Waals surface area contributed by atoms with Crippen molar-refractivity contribution in [2.24, 2.45) is 15.2 Å². The van der Waals surface area contributed by atoms with Gasteiger partial charge in [-0.05, 0) is 75.1 Å². The summed E-state index contributed by atoms with van der Waals surface area (Å²) in [5.74, 6) is -1.55. The summed E-state index contributed by atoms with van der Waals surface area (Å²) >= 11 is 1.29. The molecule has 13 nitrogen and oxygen atoms in total. The second-order valence-electron chi connectivity index (χ2n) is 13.5. The molecule has 0 radical (unpaired) electrons. The zero-order chi connectivity index (χ0) is 33.8. The van der Waals surface area contributed by atoms with Crippen LogP contribution in [0.25, 0.3) is 10.6 Å². The molecule has 3 heterocycles. The smallest absolute Gasteiger partial charge is 0.312 e. The van der Waals surface area contributed by atoms with Crippen molar-refractivity contribution in [3.05, 3.63) is 51.6 Å². The van der Waals surface area contributed by atoms with E-state index in [9.17, 15) is 31.5 Å². The number of thiophene rings is 1. The van der Waals surface area contributed by atoms with Gasteiger partial charge in [0.1, 0.15) is 16.2 Å². The fourth-order valence-corrected chi connectivity index (χ4v) is 8.08. The molecule has 1 aromatic carbocycles. The molecule has 16 heteroatoms. The minimum atomic E-state index is -4.53. The van der Waals surface area contributed by atoms with Gasteiger partial charge in [0.05, 0.1) is 26.9 Å². The number of hydrogen-bond acceptors (Lipinski definition) is 11. The molecular formula is C30H37N5O8S3. The van der Waals surface area contributed by atoms with Gasteiger partial charge in [0.2, 0.25) is 10.0 Å². The van der Waals surface area contributed by atoms with E-state index in [0.29, 0.717) is 24.1 Å². The molecule has 1 fully saturated rings. The second kappa shape index (κ2) is 11.8. The quantitative estimate of drug-likeness (QED) is 0.240. The average molecular weight is 692 g/mol. The van der Waals surface area contributed by atoms with Crippen molar-refractivity contribution in [3.63, 3.8) is 0 Å². The van der Waals surface area contributed by atoms with Crippen molar-refractivity contribution in [1.29, 1.82) is 0 Å². The topological polar surface area (TPSA) is 177 Å². The summed E-state index contributed by atoms with van der Waals surface area (Å²) < 4.78 is 65.2. The molecule has 0 saturated heterocycles. The predicted octanol–water partition coefficient (Wildman–Crippen LogP) is 4.52. The predicted molar refractivity (Wildman–Crippen MR) is 176 cm³/mol. The van der Waals surface area contributed by atoms with Gasteiger partial charge in [-0.3, -0.25) is 9.59 Å². The van der Waals surface area contributed by atoms with E-state index in [0.717, 1.165) is 10.4 Å². The molecule has 0 atom stereocenters. The maximum absolute atomic E-state index is 13.7. The van der Waals surface area contributed by atoms with E-state index in [4.69, 9.17) is 4.74 Å². The van der Waals surface area contributed by atoms with E-state index in [-0.39, 0.29) is 39.5 Å². The standard InChI is InChI=1S/C30H37N5O8S3/c1-29(2,3)13-14-34-27(37)23(25(36)24(32-34)21-8-7-15-44-21)26-31-20-12-9-18(16-22(20)45(39,40)33-26)35(46(41,42)19-10-11-19)17-43-28(38)30(4,5)6/h7-9,12,15-16,19,36H,10-11,13-14,17H2,1-6H3,(H,31,33). The van der Waals surface area contributed by atoms with Crippen LogP contribution < -0.4 is 15.2 Å². The Morgan fingerprint density at radius 3 is 2.46 bits per heavy atom. The van der Waals surface area contributed by atoms with Crippen molar-refractivity contribution in [2.45, 2.75) is 77.5 Å². The minimum absolute atomic E-state index is 0.0127. The lowest BCUT2D eigenvalue weighted by Gasteiger charge is -2.27. The first-order valence-electron chi connectivity index (χ1n) is 14.6. The molecule has 248 valence electrons. The summed E-state index contributed by atoms with van der Waals surface area (Å²) in [5.41, 5.74) is -2.05. The van der Waals surface area contributed by atoms with Crippen molar-refractivity contribution in [3.8, 4) is 16.3 Å². The Hall–Kier alpha value is -3.76. The first-order valence-corrected chi connectivity index (χ1v) is 18.4. The molecule has 1 aliphatic carbocycles. The fourth-order valence-electron chi connectivity index (χ4n) is 4.53. The molecule has 2 N–H and O–H groups in total. The third-order valence-electron chi connectivity index (χ3n) is 7.37. The molecular weight excluding hydrogens is 655 g/mol. The summed E-state index contributed by atoms with van der Waals surface area (Å²) in [7, 11) is -8.51. The zero-order valence-electron chi connectivity index (χ0n) is 26.4. The number of hydrogen-bond donors (Lipinski definition) is 2. The Morgan fingerprint density at radius 2 is 1.87 bits per heavy atom.